The van der Waals surface area contributed by atoms with Gasteiger partial charge in [0.15, 0.2) is 0 Å². The minimum absolute atomic E-state index is 0.877. The first-order valence-electron chi connectivity index (χ1n) is 5.39. The van der Waals surface area contributed by atoms with Crippen molar-refractivity contribution in [2.24, 2.45) is 0 Å². The average Bonchev–Trinajstić information content (AvgIpc) is 2.23. The van der Waals surface area contributed by atoms with Crippen molar-refractivity contribution in [3.8, 4) is 0 Å². The molecule has 0 fully saturated rings. The quantitative estimate of drug-likeness (QED) is 0.686. The summed E-state index contributed by atoms with van der Waals surface area (Å²) in [6.07, 6.45) is 6.76. The van der Waals surface area contributed by atoms with E-state index in [0.717, 1.165) is 12.1 Å². The van der Waals surface area contributed by atoms with Gasteiger partial charge in [0.1, 0.15) is 0 Å². The first-order valence-corrected chi connectivity index (χ1v) is 5.39. The Bertz CT molecular complexity index is 439. The van der Waals surface area contributed by atoms with Gasteiger partial charge in [-0.3, -0.25) is 0 Å². The van der Waals surface area contributed by atoms with E-state index >= 15 is 0 Å². The summed E-state index contributed by atoms with van der Waals surface area (Å²) in [4.78, 5) is 0. The Morgan fingerprint density at radius 1 is 1.07 bits per heavy atom. The predicted octanol–water partition coefficient (Wildman–Crippen LogP) is 3.70. The minimum atomic E-state index is 0.877. The molecule has 0 bridgehead atoms. The fourth-order valence-electron chi connectivity index (χ4n) is 1.86. The Hall–Kier alpha value is -1.50. The summed E-state index contributed by atoms with van der Waals surface area (Å²) in [5, 5.41) is 0. The summed E-state index contributed by atoms with van der Waals surface area (Å²) in [6.45, 7) is 4.24. The van der Waals surface area contributed by atoms with Gasteiger partial charge >= 0.3 is 0 Å². The van der Waals surface area contributed by atoms with Crippen LogP contribution in [0.4, 0.5) is 5.69 Å². The maximum absolute atomic E-state index is 5.81. The minimum Gasteiger partial charge on any atom is -0.399 e. The van der Waals surface area contributed by atoms with E-state index in [4.69, 9.17) is 5.73 Å². The van der Waals surface area contributed by atoms with Crippen LogP contribution in [0.15, 0.2) is 35.9 Å². The molecule has 78 valence electrons. The third kappa shape index (κ3) is 2.12. The SMILES string of the molecule is CC1=CC=C(c2ccc(N)c(C)c2)CC1. The topological polar surface area (TPSA) is 26.0 Å². The molecule has 15 heavy (non-hydrogen) atoms. The van der Waals surface area contributed by atoms with Crippen LogP contribution in [0.25, 0.3) is 5.57 Å². The molecule has 0 saturated carbocycles. The second kappa shape index (κ2) is 3.93. The number of aryl methyl sites for hydroxylation is 1. The molecular formula is C14H17N. The van der Waals surface area contributed by atoms with Crippen LogP contribution >= 0.6 is 0 Å². The summed E-state index contributed by atoms with van der Waals surface area (Å²) >= 11 is 0. The third-order valence-electron chi connectivity index (χ3n) is 3.00. The molecule has 1 aromatic carbocycles. The smallest absolute Gasteiger partial charge is 0.0344 e. The van der Waals surface area contributed by atoms with Crippen molar-refractivity contribution in [1.29, 1.82) is 0 Å². The molecule has 0 amide bonds. The lowest BCUT2D eigenvalue weighted by Gasteiger charge is -2.13. The highest BCUT2D eigenvalue weighted by molar-refractivity contribution is 5.70. The summed E-state index contributed by atoms with van der Waals surface area (Å²) in [5.41, 5.74) is 12.0. The number of allylic oxidation sites excluding steroid dienone is 4. The molecule has 0 saturated heterocycles. The molecule has 1 aliphatic rings. The van der Waals surface area contributed by atoms with Gasteiger partial charge in [-0.05, 0) is 55.5 Å². The van der Waals surface area contributed by atoms with Crippen LogP contribution in [0.2, 0.25) is 0 Å². The monoisotopic (exact) mass is 199 g/mol. The molecule has 0 atom stereocenters. The van der Waals surface area contributed by atoms with Gasteiger partial charge in [0, 0.05) is 5.69 Å². The highest BCUT2D eigenvalue weighted by Gasteiger charge is 2.06. The maximum atomic E-state index is 5.81. The van der Waals surface area contributed by atoms with Crippen molar-refractivity contribution in [1.82, 2.24) is 0 Å². The summed E-state index contributed by atoms with van der Waals surface area (Å²) < 4.78 is 0. The number of anilines is 1. The fourth-order valence-corrected chi connectivity index (χ4v) is 1.86. The number of hydrogen-bond donors (Lipinski definition) is 1. The third-order valence-corrected chi connectivity index (χ3v) is 3.00. The molecule has 0 unspecified atom stereocenters. The van der Waals surface area contributed by atoms with Crippen molar-refractivity contribution >= 4 is 11.3 Å². The van der Waals surface area contributed by atoms with Crippen LogP contribution in [-0.2, 0) is 0 Å². The zero-order valence-corrected chi connectivity index (χ0v) is 9.38. The van der Waals surface area contributed by atoms with E-state index in [1.807, 2.05) is 6.07 Å². The molecule has 2 rings (SSSR count). The highest BCUT2D eigenvalue weighted by Crippen LogP contribution is 2.28. The molecule has 1 aromatic rings. The van der Waals surface area contributed by atoms with Gasteiger partial charge in [-0.2, -0.15) is 0 Å². The van der Waals surface area contributed by atoms with E-state index in [9.17, 15) is 0 Å². The largest absolute Gasteiger partial charge is 0.399 e. The number of benzene rings is 1. The van der Waals surface area contributed by atoms with Gasteiger partial charge in [0.2, 0.25) is 0 Å². The molecule has 0 aliphatic heterocycles. The molecule has 1 nitrogen and oxygen atoms in total. The van der Waals surface area contributed by atoms with Crippen molar-refractivity contribution in [3.63, 3.8) is 0 Å². The van der Waals surface area contributed by atoms with Crippen LogP contribution < -0.4 is 5.73 Å². The average molecular weight is 199 g/mol. The van der Waals surface area contributed by atoms with Crippen LogP contribution in [-0.4, -0.2) is 0 Å². The van der Waals surface area contributed by atoms with E-state index in [-0.39, 0.29) is 0 Å². The molecule has 0 radical (unpaired) electrons. The summed E-state index contributed by atoms with van der Waals surface area (Å²) in [7, 11) is 0. The van der Waals surface area contributed by atoms with Gasteiger partial charge in [-0.15, -0.1) is 0 Å². The Kier molecular flexibility index (Phi) is 2.63. The molecule has 1 heteroatoms. The Morgan fingerprint density at radius 2 is 1.87 bits per heavy atom. The predicted molar refractivity (Wildman–Crippen MR) is 66.6 cm³/mol. The van der Waals surface area contributed by atoms with Gasteiger partial charge in [-0.25, -0.2) is 0 Å². The Morgan fingerprint density at radius 3 is 2.47 bits per heavy atom. The van der Waals surface area contributed by atoms with Crippen molar-refractivity contribution in [3.05, 3.63) is 47.1 Å². The number of nitrogens with two attached hydrogens (primary N) is 1. The van der Waals surface area contributed by atoms with Crippen molar-refractivity contribution in [2.75, 3.05) is 5.73 Å². The van der Waals surface area contributed by atoms with Crippen LogP contribution in [0.5, 0.6) is 0 Å². The summed E-state index contributed by atoms with van der Waals surface area (Å²) in [5.74, 6) is 0. The number of nitrogen functional groups attached to an aromatic ring is 1. The molecular weight excluding hydrogens is 182 g/mol. The Labute approximate surface area is 91.3 Å². The van der Waals surface area contributed by atoms with Crippen LogP contribution in [0, 0.1) is 6.92 Å². The fraction of sp³-hybridized carbons (Fsp3) is 0.286. The van der Waals surface area contributed by atoms with Crippen LogP contribution in [0.1, 0.15) is 30.9 Å². The number of hydrogen-bond acceptors (Lipinski definition) is 1. The van der Waals surface area contributed by atoms with Crippen molar-refractivity contribution < 1.29 is 0 Å². The van der Waals surface area contributed by atoms with E-state index < -0.39 is 0 Å². The summed E-state index contributed by atoms with van der Waals surface area (Å²) in [6, 6.07) is 6.29. The lowest BCUT2D eigenvalue weighted by molar-refractivity contribution is 0.977. The van der Waals surface area contributed by atoms with E-state index in [1.54, 1.807) is 0 Å². The van der Waals surface area contributed by atoms with Crippen molar-refractivity contribution in [2.45, 2.75) is 26.7 Å². The first-order chi connectivity index (χ1) is 7.16. The van der Waals surface area contributed by atoms with E-state index in [1.165, 1.54) is 28.7 Å². The van der Waals surface area contributed by atoms with Gasteiger partial charge in [-0.1, -0.05) is 23.8 Å². The number of rotatable bonds is 1. The molecule has 0 heterocycles. The van der Waals surface area contributed by atoms with Gasteiger partial charge in [0.05, 0.1) is 0 Å². The second-order valence-corrected chi connectivity index (χ2v) is 4.28. The molecule has 0 spiro atoms. The first kappa shape index (κ1) is 10.0. The molecule has 0 aromatic heterocycles. The molecule has 1 aliphatic carbocycles. The highest BCUT2D eigenvalue weighted by atomic mass is 14.5. The van der Waals surface area contributed by atoms with E-state index in [2.05, 4.69) is 38.1 Å². The lowest BCUT2D eigenvalue weighted by atomic mass is 9.93. The second-order valence-electron chi connectivity index (χ2n) is 4.28. The van der Waals surface area contributed by atoms with Gasteiger partial charge < -0.3 is 5.73 Å². The molecule has 2 N–H and O–H groups in total. The van der Waals surface area contributed by atoms with Crippen LogP contribution in [0.3, 0.4) is 0 Å². The zero-order valence-electron chi connectivity index (χ0n) is 9.38. The van der Waals surface area contributed by atoms with Gasteiger partial charge in [0.25, 0.3) is 0 Å². The zero-order chi connectivity index (χ0) is 10.8. The standard InChI is InChI=1S/C14H17N/c1-10-3-5-12(6-4-10)13-7-8-14(15)11(2)9-13/h3,5,7-9H,4,6,15H2,1-2H3. The maximum Gasteiger partial charge on any atom is 0.0344 e. The normalized spacial score (nSPS) is 15.9. The lowest BCUT2D eigenvalue weighted by Crippen LogP contribution is -1.94. The Balaban J connectivity index is 2.35. The van der Waals surface area contributed by atoms with E-state index in [0.29, 0.717) is 0 Å².